The number of aromatic carboxylic acids is 1. The number of pyridine rings is 1. The van der Waals surface area contributed by atoms with Crippen LogP contribution in [0.2, 0.25) is 0 Å². The molecule has 1 aromatic rings. The Morgan fingerprint density at radius 1 is 1.29 bits per heavy atom. The van der Waals surface area contributed by atoms with Crippen molar-refractivity contribution in [2.24, 2.45) is 0 Å². The summed E-state index contributed by atoms with van der Waals surface area (Å²) in [6.45, 7) is 5.26. The Balaban J connectivity index is 2.53. The third kappa shape index (κ3) is 4.87. The van der Waals surface area contributed by atoms with Crippen molar-refractivity contribution < 1.29 is 19.5 Å². The van der Waals surface area contributed by atoms with Crippen molar-refractivity contribution in [3.05, 3.63) is 29.6 Å². The Morgan fingerprint density at radius 3 is 2.52 bits per heavy atom. The highest BCUT2D eigenvalue weighted by Gasteiger charge is 2.12. The summed E-state index contributed by atoms with van der Waals surface area (Å²) in [7, 11) is 0. The van der Waals surface area contributed by atoms with E-state index in [9.17, 15) is 14.4 Å². The fourth-order valence-electron chi connectivity index (χ4n) is 1.81. The van der Waals surface area contributed by atoms with E-state index in [0.29, 0.717) is 13.1 Å². The number of amides is 2. The summed E-state index contributed by atoms with van der Waals surface area (Å²) in [6.07, 6.45) is 1.48. The third-order valence-corrected chi connectivity index (χ3v) is 2.98. The minimum absolute atomic E-state index is 0.0266. The molecule has 0 fully saturated rings. The molecule has 2 N–H and O–H groups in total. The molecule has 0 aromatic carbocycles. The summed E-state index contributed by atoms with van der Waals surface area (Å²) in [5.74, 6) is -1.64. The summed E-state index contributed by atoms with van der Waals surface area (Å²) >= 11 is 0. The first-order valence-electron chi connectivity index (χ1n) is 6.74. The van der Waals surface area contributed by atoms with Crippen molar-refractivity contribution in [3.8, 4) is 0 Å². The molecule has 0 unspecified atom stereocenters. The van der Waals surface area contributed by atoms with Gasteiger partial charge in [-0.25, -0.2) is 9.78 Å². The van der Waals surface area contributed by atoms with Gasteiger partial charge in [0, 0.05) is 37.8 Å². The SMILES string of the molecule is CCN(CC)C(=O)CCNC(=O)c1ccnc(C(=O)O)c1. The Labute approximate surface area is 123 Å². The molecule has 1 aromatic heterocycles. The number of carboxylic acids is 1. The van der Waals surface area contributed by atoms with E-state index in [1.807, 2.05) is 13.8 Å². The molecule has 7 heteroatoms. The summed E-state index contributed by atoms with van der Waals surface area (Å²) in [6, 6.07) is 2.62. The van der Waals surface area contributed by atoms with Crippen molar-refractivity contribution in [1.82, 2.24) is 15.2 Å². The maximum atomic E-state index is 11.9. The summed E-state index contributed by atoms with van der Waals surface area (Å²) in [5, 5.41) is 11.4. The second-order valence-corrected chi connectivity index (χ2v) is 4.31. The molecule has 114 valence electrons. The largest absolute Gasteiger partial charge is 0.477 e. The van der Waals surface area contributed by atoms with Crippen LogP contribution in [0.25, 0.3) is 0 Å². The van der Waals surface area contributed by atoms with Crippen molar-refractivity contribution in [2.45, 2.75) is 20.3 Å². The zero-order valence-electron chi connectivity index (χ0n) is 12.1. The van der Waals surface area contributed by atoms with E-state index >= 15 is 0 Å². The minimum atomic E-state index is -1.19. The molecule has 0 bridgehead atoms. The topological polar surface area (TPSA) is 99.6 Å². The van der Waals surface area contributed by atoms with E-state index in [2.05, 4.69) is 10.3 Å². The lowest BCUT2D eigenvalue weighted by atomic mass is 10.2. The molecule has 0 aliphatic rings. The smallest absolute Gasteiger partial charge is 0.354 e. The molecule has 1 heterocycles. The molecule has 2 amide bonds. The monoisotopic (exact) mass is 293 g/mol. The molecule has 0 saturated heterocycles. The molecule has 21 heavy (non-hydrogen) atoms. The number of carbonyl (C=O) groups excluding carboxylic acids is 2. The fourth-order valence-corrected chi connectivity index (χ4v) is 1.81. The van der Waals surface area contributed by atoms with Crippen LogP contribution in [0.4, 0.5) is 0 Å². The van der Waals surface area contributed by atoms with Gasteiger partial charge >= 0.3 is 5.97 Å². The molecule has 0 saturated carbocycles. The van der Waals surface area contributed by atoms with Crippen LogP contribution in [0, 0.1) is 0 Å². The zero-order chi connectivity index (χ0) is 15.8. The number of nitrogens with one attached hydrogen (secondary N) is 1. The Bertz CT molecular complexity index is 527. The normalized spacial score (nSPS) is 10.0. The van der Waals surface area contributed by atoms with Crippen LogP contribution < -0.4 is 5.32 Å². The van der Waals surface area contributed by atoms with Gasteiger partial charge in [0.15, 0.2) is 0 Å². The second-order valence-electron chi connectivity index (χ2n) is 4.31. The van der Waals surface area contributed by atoms with E-state index in [0.717, 1.165) is 0 Å². The van der Waals surface area contributed by atoms with Gasteiger partial charge in [-0.2, -0.15) is 0 Å². The van der Waals surface area contributed by atoms with Crippen LogP contribution in [0.5, 0.6) is 0 Å². The van der Waals surface area contributed by atoms with Crippen molar-refractivity contribution >= 4 is 17.8 Å². The lowest BCUT2D eigenvalue weighted by Gasteiger charge is -2.18. The number of hydrogen-bond acceptors (Lipinski definition) is 4. The molecule has 0 radical (unpaired) electrons. The first-order valence-corrected chi connectivity index (χ1v) is 6.74. The van der Waals surface area contributed by atoms with Gasteiger partial charge in [-0.15, -0.1) is 0 Å². The van der Waals surface area contributed by atoms with E-state index < -0.39 is 11.9 Å². The van der Waals surface area contributed by atoms with Gasteiger partial charge in [0.1, 0.15) is 5.69 Å². The first kappa shape index (κ1) is 16.6. The predicted molar refractivity (Wildman–Crippen MR) is 76.1 cm³/mol. The number of rotatable bonds is 7. The van der Waals surface area contributed by atoms with Gasteiger partial charge in [0.2, 0.25) is 5.91 Å². The van der Waals surface area contributed by atoms with Crippen molar-refractivity contribution in [1.29, 1.82) is 0 Å². The highest BCUT2D eigenvalue weighted by Crippen LogP contribution is 2.02. The summed E-state index contributed by atoms with van der Waals surface area (Å²) in [4.78, 5) is 39.7. The standard InChI is InChI=1S/C14H19N3O4/c1-3-17(4-2)12(18)6-8-16-13(19)10-5-7-15-11(9-10)14(20)21/h5,7,9H,3-4,6,8H2,1-2H3,(H,16,19)(H,20,21). The van der Waals surface area contributed by atoms with Gasteiger partial charge in [-0.05, 0) is 26.0 Å². The number of hydrogen-bond donors (Lipinski definition) is 2. The van der Waals surface area contributed by atoms with Gasteiger partial charge < -0.3 is 15.3 Å². The maximum Gasteiger partial charge on any atom is 0.354 e. The lowest BCUT2D eigenvalue weighted by Crippen LogP contribution is -2.34. The number of carboxylic acid groups (broad SMARTS) is 1. The van der Waals surface area contributed by atoms with Gasteiger partial charge in [-0.1, -0.05) is 0 Å². The van der Waals surface area contributed by atoms with E-state index in [4.69, 9.17) is 5.11 Å². The lowest BCUT2D eigenvalue weighted by molar-refractivity contribution is -0.130. The molecule has 0 spiro atoms. The number of carbonyl (C=O) groups is 3. The van der Waals surface area contributed by atoms with Crippen molar-refractivity contribution in [3.63, 3.8) is 0 Å². The predicted octanol–water partition coefficient (Wildman–Crippen LogP) is 0.768. The van der Waals surface area contributed by atoms with Crippen LogP contribution in [0.15, 0.2) is 18.3 Å². The average Bonchev–Trinajstić information content (AvgIpc) is 2.48. The van der Waals surface area contributed by atoms with E-state index in [-0.39, 0.29) is 30.1 Å². The van der Waals surface area contributed by atoms with Crippen molar-refractivity contribution in [2.75, 3.05) is 19.6 Å². The molecule has 7 nitrogen and oxygen atoms in total. The van der Waals surface area contributed by atoms with Crippen LogP contribution in [-0.4, -0.2) is 52.4 Å². The van der Waals surface area contributed by atoms with Crippen LogP contribution in [0.3, 0.4) is 0 Å². The summed E-state index contributed by atoms with van der Waals surface area (Å²) < 4.78 is 0. The molecular formula is C14H19N3O4. The maximum absolute atomic E-state index is 11.9. The van der Waals surface area contributed by atoms with Crippen LogP contribution in [0.1, 0.15) is 41.1 Å². The Kier molecular flexibility index (Phi) is 6.32. The van der Waals surface area contributed by atoms with Gasteiger partial charge in [0.25, 0.3) is 5.91 Å². The van der Waals surface area contributed by atoms with Gasteiger partial charge in [0.05, 0.1) is 0 Å². The highest BCUT2D eigenvalue weighted by atomic mass is 16.4. The van der Waals surface area contributed by atoms with Crippen LogP contribution >= 0.6 is 0 Å². The number of nitrogens with zero attached hydrogens (tertiary/aromatic N) is 2. The summed E-state index contributed by atoms with van der Waals surface area (Å²) in [5.41, 5.74) is 0.0135. The van der Waals surface area contributed by atoms with E-state index in [1.54, 1.807) is 4.90 Å². The zero-order valence-corrected chi connectivity index (χ0v) is 12.1. The Hall–Kier alpha value is -2.44. The molecular weight excluding hydrogens is 274 g/mol. The third-order valence-electron chi connectivity index (χ3n) is 2.98. The molecule has 0 atom stereocenters. The van der Waals surface area contributed by atoms with Gasteiger partial charge in [-0.3, -0.25) is 9.59 Å². The second kappa shape index (κ2) is 7.98. The minimum Gasteiger partial charge on any atom is -0.477 e. The number of aromatic nitrogens is 1. The average molecular weight is 293 g/mol. The highest BCUT2D eigenvalue weighted by molar-refractivity contribution is 5.96. The van der Waals surface area contributed by atoms with E-state index in [1.165, 1.54) is 18.3 Å². The molecule has 1 rings (SSSR count). The Morgan fingerprint density at radius 2 is 1.95 bits per heavy atom. The molecule has 0 aliphatic heterocycles. The van der Waals surface area contributed by atoms with Crippen LogP contribution in [-0.2, 0) is 4.79 Å². The quantitative estimate of drug-likeness (QED) is 0.773. The molecule has 0 aliphatic carbocycles. The first-order chi connectivity index (χ1) is 9.99. The fraction of sp³-hybridized carbons (Fsp3) is 0.429.